The number of ether oxygens (including phenoxy) is 4. The smallest absolute Gasteiger partial charge is 0.744 e. The van der Waals surface area contributed by atoms with E-state index in [2.05, 4.69) is 9.37 Å². The van der Waals surface area contributed by atoms with Gasteiger partial charge in [0, 0.05) is 4.90 Å². The number of methoxy groups -OCH3 is 1. The number of sulfone groups is 2. The molecule has 0 aliphatic heterocycles. The minimum atomic E-state index is -5.22. The third kappa shape index (κ3) is 15.1. The van der Waals surface area contributed by atoms with Gasteiger partial charge in [0.05, 0.1) is 43.6 Å². The summed E-state index contributed by atoms with van der Waals surface area (Å²) in [7, 11) is -11.8. The van der Waals surface area contributed by atoms with E-state index in [9.17, 15) is 35.1 Å². The summed E-state index contributed by atoms with van der Waals surface area (Å²) in [5, 5.41) is 13.6. The maximum absolute atomic E-state index is 13.5. The predicted molar refractivity (Wildman–Crippen MR) is 268 cm³/mol. The van der Waals surface area contributed by atoms with Crippen LogP contribution >= 0.6 is 12.0 Å². The summed E-state index contributed by atoms with van der Waals surface area (Å²) in [4.78, 5) is -1.19. The molecule has 0 N–H and O–H groups in total. The molecule has 0 unspecified atom stereocenters. The summed E-state index contributed by atoms with van der Waals surface area (Å²) in [6, 6.07) is 48.0. The monoisotopic (exact) mass is 1080 g/mol. The van der Waals surface area contributed by atoms with Crippen LogP contribution in [-0.4, -0.2) is 36.9 Å². The maximum atomic E-state index is 13.5. The third-order valence-electron chi connectivity index (χ3n) is 10.4. The molecule has 8 aromatic carbocycles. The van der Waals surface area contributed by atoms with Crippen molar-refractivity contribution in [3.8, 4) is 62.5 Å². The summed E-state index contributed by atoms with van der Waals surface area (Å²) < 4.78 is 118. The van der Waals surface area contributed by atoms with E-state index < -0.39 is 39.6 Å². The topological polar surface area (TPSA) is 204 Å². The van der Waals surface area contributed by atoms with Crippen molar-refractivity contribution in [3.05, 3.63) is 188 Å². The van der Waals surface area contributed by atoms with Gasteiger partial charge in [-0.15, -0.1) is 0 Å². The van der Waals surface area contributed by atoms with Crippen LogP contribution in [0.25, 0.3) is 22.3 Å². The molecule has 20 heteroatoms. The Morgan fingerprint density at radius 2 is 0.753 bits per heavy atom. The predicted octanol–water partition coefficient (Wildman–Crippen LogP) is 6.43. The molecule has 0 saturated heterocycles. The molecule has 0 saturated carbocycles. The van der Waals surface area contributed by atoms with Crippen LogP contribution in [0.5, 0.6) is 40.2 Å². The minimum absolute atomic E-state index is 0. The summed E-state index contributed by atoms with van der Waals surface area (Å²) in [6.45, 7) is 1.65. The second-order valence-corrected chi connectivity index (χ2v) is 20.8. The van der Waals surface area contributed by atoms with Gasteiger partial charge in [0.15, 0.2) is 0 Å². The number of benzene rings is 8. The number of hydrogen-bond acceptors (Lipinski definition) is 15. The van der Waals surface area contributed by atoms with Crippen molar-refractivity contribution in [1.29, 1.82) is 0 Å². The Hall–Kier alpha value is -5.00. The molecule has 0 atom stereocenters. The zero-order chi connectivity index (χ0) is 48.1. The molecule has 0 aliphatic rings. The molecule has 0 aromatic heterocycles. The SMILES string of the molecule is C.C.C.COc1ccc(-c2ccc(Oc3ccc(S(=O)(=O)c4ccc(Oc5ccc(-c6ccc(Oc7ccc(S(=O)(=O)c8ccc(C)c(SOO[O-])c8)cc7S(=O)(=O)[O-])cc6)cc5)cc4)cc3)cc2)cc1.[Na+].[Na+]. The molecule has 0 fully saturated rings. The van der Waals surface area contributed by atoms with Crippen molar-refractivity contribution in [1.82, 2.24) is 0 Å². The molecule has 370 valence electrons. The fraction of sp³-hybridized carbons (Fsp3) is 0.0943. The summed E-state index contributed by atoms with van der Waals surface area (Å²) >= 11 is 0.494. The van der Waals surface area contributed by atoms with Crippen molar-refractivity contribution in [2.75, 3.05) is 7.11 Å². The molecule has 14 nitrogen and oxygen atoms in total. The summed E-state index contributed by atoms with van der Waals surface area (Å²) in [5.41, 5.74) is 4.14. The molecule has 73 heavy (non-hydrogen) atoms. The molecule has 0 amide bonds. The first-order chi connectivity index (χ1) is 32.6. The van der Waals surface area contributed by atoms with Gasteiger partial charge >= 0.3 is 59.1 Å². The van der Waals surface area contributed by atoms with Crippen molar-refractivity contribution < 1.29 is 122 Å². The van der Waals surface area contributed by atoms with Gasteiger partial charge in [0.1, 0.15) is 50.4 Å². The van der Waals surface area contributed by atoms with Crippen molar-refractivity contribution in [2.24, 2.45) is 0 Å². The van der Waals surface area contributed by atoms with E-state index in [1.54, 1.807) is 86.8 Å². The van der Waals surface area contributed by atoms with Crippen LogP contribution in [0.2, 0.25) is 0 Å². The van der Waals surface area contributed by atoms with Gasteiger partial charge in [-0.1, -0.05) is 76.9 Å². The van der Waals surface area contributed by atoms with Gasteiger partial charge in [-0.2, -0.15) is 4.33 Å². The van der Waals surface area contributed by atoms with Crippen LogP contribution in [0.1, 0.15) is 27.8 Å². The Morgan fingerprint density at radius 3 is 1.14 bits per heavy atom. The molecule has 8 rings (SSSR count). The van der Waals surface area contributed by atoms with Gasteiger partial charge in [0.25, 0.3) is 0 Å². The molecule has 0 spiro atoms. The van der Waals surface area contributed by atoms with E-state index in [4.69, 9.17) is 18.9 Å². The fourth-order valence-corrected chi connectivity index (χ4v) is 10.6. The number of rotatable bonds is 17. The molecule has 0 heterocycles. The first-order valence-electron chi connectivity index (χ1n) is 20.1. The molecule has 0 bridgehead atoms. The van der Waals surface area contributed by atoms with Crippen LogP contribution in [0.4, 0.5) is 0 Å². The van der Waals surface area contributed by atoms with Crippen molar-refractivity contribution >= 4 is 41.8 Å². The van der Waals surface area contributed by atoms with Crippen LogP contribution in [-0.2, 0) is 39.2 Å². The van der Waals surface area contributed by atoms with Crippen LogP contribution in [0.15, 0.2) is 211 Å². The Balaban J connectivity index is 0.00000281. The normalized spacial score (nSPS) is 11.0. The fourth-order valence-electron chi connectivity index (χ4n) is 6.80. The van der Waals surface area contributed by atoms with Gasteiger partial charge in [-0.25, -0.2) is 25.3 Å². The Morgan fingerprint density at radius 1 is 0.425 bits per heavy atom. The van der Waals surface area contributed by atoms with Crippen molar-refractivity contribution in [2.45, 2.75) is 58.6 Å². The van der Waals surface area contributed by atoms with E-state index in [1.165, 1.54) is 42.5 Å². The zero-order valence-corrected chi connectivity index (χ0v) is 44.9. The van der Waals surface area contributed by atoms with Gasteiger partial charge in [0.2, 0.25) is 19.7 Å². The Kier molecular flexibility index (Phi) is 23.0. The maximum Gasteiger partial charge on any atom is 1.00 e. The van der Waals surface area contributed by atoms with Crippen LogP contribution in [0, 0.1) is 6.92 Å². The van der Waals surface area contributed by atoms with E-state index in [1.807, 2.05) is 48.5 Å². The van der Waals surface area contributed by atoms with Crippen LogP contribution in [0.3, 0.4) is 0 Å². The first-order valence-corrected chi connectivity index (χ1v) is 25.2. The van der Waals surface area contributed by atoms with Crippen LogP contribution < -0.4 is 83.3 Å². The van der Waals surface area contributed by atoms with E-state index in [-0.39, 0.29) is 112 Å². The average molecular weight is 1080 g/mol. The number of hydrogen-bond donors (Lipinski definition) is 0. The zero-order valence-electron chi connectivity index (χ0n) is 37.7. The molecule has 0 aliphatic carbocycles. The third-order valence-corrected chi connectivity index (χ3v) is 15.5. The Bertz CT molecular complexity index is 3420. The van der Waals surface area contributed by atoms with E-state index in [0.29, 0.717) is 40.6 Å². The van der Waals surface area contributed by atoms with E-state index >= 15 is 0 Å². The quantitative estimate of drug-likeness (QED) is 0.0317. The second kappa shape index (κ2) is 27.0. The standard InChI is InChI=1S/C50H38O14S4.3CH4.2Na/c1-33-3-24-46(31-49(33)65-64-63-51)67(54,55)47-29-30-48(50(32-47)68(56,57)58)62-43-18-10-37(11-19-43)36-8-16-40(17-9-36)61-42-22-27-45(28-23-42)66(52,53)44-25-20-41(21-26-44)60-39-14-6-35(7-15-39)34-4-12-38(59-2)13-5-34;;;;;/h3-32,51H,1-2H3,(H,56,57,58);3*1H4;;/q;;;;2*+1/p-2. The Labute approximate surface area is 475 Å². The van der Waals surface area contributed by atoms with Gasteiger partial charge in [-0.05, 0) is 162 Å². The average Bonchev–Trinajstić information content (AvgIpc) is 3.34. The van der Waals surface area contributed by atoms with Crippen molar-refractivity contribution in [3.63, 3.8) is 0 Å². The summed E-state index contributed by atoms with van der Waals surface area (Å²) in [6.07, 6.45) is 0. The molecule has 8 aromatic rings. The number of aryl methyl sites for hydroxylation is 1. The largest absolute Gasteiger partial charge is 1.00 e. The first kappa shape index (κ1) is 62.3. The molecule has 0 radical (unpaired) electrons. The molecular weight excluding hydrogens is 1030 g/mol. The molecular formula is C53H48Na2O14S4. The minimum Gasteiger partial charge on any atom is -0.744 e. The second-order valence-electron chi connectivity index (χ2n) is 14.8. The van der Waals surface area contributed by atoms with Gasteiger partial charge < -0.3 is 28.8 Å². The van der Waals surface area contributed by atoms with Gasteiger partial charge in [-0.3, -0.25) is 5.04 Å². The van der Waals surface area contributed by atoms with E-state index in [0.717, 1.165) is 46.2 Å². The summed E-state index contributed by atoms with van der Waals surface area (Å²) in [5.74, 6) is 2.52.